The standard InChI is InChI=1S/C14H20N2O2/c1-10(11-5-3-6-12(15)9-11)16(2)14(17)13-7-4-8-18-13/h3,5-6,9-10,13H,4,7-8,15H2,1-2H3. The summed E-state index contributed by atoms with van der Waals surface area (Å²) in [6.07, 6.45) is 1.53. The van der Waals surface area contributed by atoms with Crippen molar-refractivity contribution in [2.75, 3.05) is 19.4 Å². The van der Waals surface area contributed by atoms with Gasteiger partial charge in [0.1, 0.15) is 6.10 Å². The van der Waals surface area contributed by atoms with Crippen LogP contribution in [0.5, 0.6) is 0 Å². The maximum Gasteiger partial charge on any atom is 0.251 e. The molecular weight excluding hydrogens is 228 g/mol. The van der Waals surface area contributed by atoms with Crippen molar-refractivity contribution in [1.82, 2.24) is 4.90 Å². The number of carbonyl (C=O) groups is 1. The lowest BCUT2D eigenvalue weighted by Crippen LogP contribution is -2.37. The second-order valence-corrected chi connectivity index (χ2v) is 4.80. The molecule has 0 spiro atoms. The highest BCUT2D eigenvalue weighted by molar-refractivity contribution is 5.81. The van der Waals surface area contributed by atoms with Crippen molar-refractivity contribution in [2.45, 2.75) is 31.9 Å². The first-order valence-corrected chi connectivity index (χ1v) is 6.33. The minimum absolute atomic E-state index is 0.00481. The SMILES string of the molecule is CC(c1cccc(N)c1)N(C)C(=O)C1CCCO1. The predicted molar refractivity (Wildman–Crippen MR) is 71.0 cm³/mol. The zero-order valence-corrected chi connectivity index (χ0v) is 10.9. The zero-order chi connectivity index (χ0) is 13.1. The average molecular weight is 248 g/mol. The summed E-state index contributed by atoms with van der Waals surface area (Å²) in [4.78, 5) is 14.0. The third-order valence-corrected chi connectivity index (χ3v) is 3.53. The molecular formula is C14H20N2O2. The number of nitrogens with two attached hydrogens (primary N) is 1. The first-order chi connectivity index (χ1) is 8.59. The minimum Gasteiger partial charge on any atom is -0.399 e. The van der Waals surface area contributed by atoms with Gasteiger partial charge in [-0.15, -0.1) is 0 Å². The van der Waals surface area contributed by atoms with Crippen LogP contribution in [-0.4, -0.2) is 30.6 Å². The topological polar surface area (TPSA) is 55.6 Å². The molecule has 1 fully saturated rings. The fraction of sp³-hybridized carbons (Fsp3) is 0.500. The van der Waals surface area contributed by atoms with Crippen molar-refractivity contribution in [3.05, 3.63) is 29.8 Å². The van der Waals surface area contributed by atoms with Gasteiger partial charge in [0.05, 0.1) is 6.04 Å². The van der Waals surface area contributed by atoms with Gasteiger partial charge in [0.2, 0.25) is 0 Å². The third kappa shape index (κ3) is 2.64. The van der Waals surface area contributed by atoms with E-state index in [0.29, 0.717) is 6.61 Å². The number of rotatable bonds is 3. The lowest BCUT2D eigenvalue weighted by atomic mass is 10.1. The van der Waals surface area contributed by atoms with Crippen LogP contribution in [0.3, 0.4) is 0 Å². The highest BCUT2D eigenvalue weighted by Gasteiger charge is 2.28. The maximum absolute atomic E-state index is 12.2. The van der Waals surface area contributed by atoms with Gasteiger partial charge in [0.25, 0.3) is 5.91 Å². The number of hydrogen-bond acceptors (Lipinski definition) is 3. The Labute approximate surface area is 108 Å². The largest absolute Gasteiger partial charge is 0.399 e. The minimum atomic E-state index is -0.265. The Morgan fingerprint density at radius 3 is 2.94 bits per heavy atom. The van der Waals surface area contributed by atoms with Crippen LogP contribution in [0.25, 0.3) is 0 Å². The Hall–Kier alpha value is -1.55. The average Bonchev–Trinajstić information content (AvgIpc) is 2.90. The molecule has 1 amide bonds. The summed E-state index contributed by atoms with van der Waals surface area (Å²) >= 11 is 0. The quantitative estimate of drug-likeness (QED) is 0.832. The molecule has 1 aliphatic heterocycles. The molecule has 18 heavy (non-hydrogen) atoms. The van der Waals surface area contributed by atoms with Crippen molar-refractivity contribution in [3.63, 3.8) is 0 Å². The number of nitrogens with zero attached hydrogens (tertiary/aromatic N) is 1. The summed E-state index contributed by atoms with van der Waals surface area (Å²) in [6, 6.07) is 7.65. The second kappa shape index (κ2) is 5.40. The van der Waals surface area contributed by atoms with E-state index in [9.17, 15) is 4.79 Å². The van der Waals surface area contributed by atoms with Gasteiger partial charge >= 0.3 is 0 Å². The molecule has 0 radical (unpaired) electrons. The van der Waals surface area contributed by atoms with E-state index in [2.05, 4.69) is 0 Å². The number of anilines is 1. The maximum atomic E-state index is 12.2. The molecule has 1 aromatic carbocycles. The van der Waals surface area contributed by atoms with Crippen LogP contribution in [0.4, 0.5) is 5.69 Å². The van der Waals surface area contributed by atoms with E-state index in [0.717, 1.165) is 24.1 Å². The van der Waals surface area contributed by atoms with Crippen LogP contribution in [0, 0.1) is 0 Å². The van der Waals surface area contributed by atoms with E-state index in [1.54, 1.807) is 4.90 Å². The monoisotopic (exact) mass is 248 g/mol. The second-order valence-electron chi connectivity index (χ2n) is 4.80. The molecule has 2 atom stereocenters. The fourth-order valence-corrected chi connectivity index (χ4v) is 2.23. The summed E-state index contributed by atoms with van der Waals surface area (Å²) in [5.74, 6) is 0.0578. The van der Waals surface area contributed by atoms with Gasteiger partial charge in [0.15, 0.2) is 0 Å². The molecule has 4 heteroatoms. The van der Waals surface area contributed by atoms with Gasteiger partial charge in [-0.2, -0.15) is 0 Å². The molecule has 2 rings (SSSR count). The van der Waals surface area contributed by atoms with Gasteiger partial charge < -0.3 is 15.4 Å². The summed E-state index contributed by atoms with van der Waals surface area (Å²) in [6.45, 7) is 2.69. The molecule has 98 valence electrons. The van der Waals surface area contributed by atoms with Crippen molar-refractivity contribution >= 4 is 11.6 Å². The molecule has 1 aromatic rings. The van der Waals surface area contributed by atoms with Crippen LogP contribution < -0.4 is 5.73 Å². The van der Waals surface area contributed by atoms with Gasteiger partial charge in [-0.25, -0.2) is 0 Å². The molecule has 0 aromatic heterocycles. The Kier molecular flexibility index (Phi) is 3.87. The van der Waals surface area contributed by atoms with E-state index in [1.807, 2.05) is 38.2 Å². The molecule has 2 N–H and O–H groups in total. The first-order valence-electron chi connectivity index (χ1n) is 6.33. The lowest BCUT2D eigenvalue weighted by Gasteiger charge is -2.27. The summed E-state index contributed by atoms with van der Waals surface area (Å²) in [5.41, 5.74) is 7.53. The number of ether oxygens (including phenoxy) is 1. The van der Waals surface area contributed by atoms with Gasteiger partial charge in [0, 0.05) is 19.3 Å². The van der Waals surface area contributed by atoms with Gasteiger partial charge in [-0.1, -0.05) is 12.1 Å². The number of benzene rings is 1. The number of amides is 1. The van der Waals surface area contributed by atoms with Crippen molar-refractivity contribution in [2.24, 2.45) is 0 Å². The smallest absolute Gasteiger partial charge is 0.251 e. The van der Waals surface area contributed by atoms with Gasteiger partial charge in [-0.3, -0.25) is 4.79 Å². The molecule has 1 aliphatic rings. The molecule has 4 nitrogen and oxygen atoms in total. The van der Waals surface area contributed by atoms with Gasteiger partial charge in [-0.05, 0) is 37.5 Å². The molecule has 0 bridgehead atoms. The van der Waals surface area contributed by atoms with Crippen LogP contribution in [0.15, 0.2) is 24.3 Å². The lowest BCUT2D eigenvalue weighted by molar-refractivity contribution is -0.141. The van der Waals surface area contributed by atoms with E-state index in [4.69, 9.17) is 10.5 Å². The molecule has 1 saturated heterocycles. The van der Waals surface area contributed by atoms with E-state index < -0.39 is 0 Å². The Morgan fingerprint density at radius 2 is 2.33 bits per heavy atom. The predicted octanol–water partition coefficient (Wildman–Crippen LogP) is 1.97. The van der Waals surface area contributed by atoms with E-state index >= 15 is 0 Å². The summed E-state index contributed by atoms with van der Waals surface area (Å²) < 4.78 is 5.43. The van der Waals surface area contributed by atoms with Crippen LogP contribution in [-0.2, 0) is 9.53 Å². The third-order valence-electron chi connectivity index (χ3n) is 3.53. The Balaban J connectivity index is 2.08. The number of nitrogen functional groups attached to an aromatic ring is 1. The first kappa shape index (κ1) is 12.9. The summed E-state index contributed by atoms with van der Waals surface area (Å²) in [7, 11) is 1.82. The molecule has 1 heterocycles. The van der Waals surface area contributed by atoms with E-state index in [1.165, 1.54) is 0 Å². The zero-order valence-electron chi connectivity index (χ0n) is 10.9. The molecule has 0 aliphatic carbocycles. The number of likely N-dealkylation sites (N-methyl/N-ethyl adjacent to an activating group) is 1. The van der Waals surface area contributed by atoms with Crippen LogP contribution in [0.1, 0.15) is 31.4 Å². The Bertz CT molecular complexity index is 428. The fourth-order valence-electron chi connectivity index (χ4n) is 2.23. The number of hydrogen-bond donors (Lipinski definition) is 1. The van der Waals surface area contributed by atoms with E-state index in [-0.39, 0.29) is 18.1 Å². The van der Waals surface area contributed by atoms with Crippen molar-refractivity contribution < 1.29 is 9.53 Å². The molecule has 0 saturated carbocycles. The van der Waals surface area contributed by atoms with Crippen molar-refractivity contribution in [1.29, 1.82) is 0 Å². The van der Waals surface area contributed by atoms with Crippen LogP contribution >= 0.6 is 0 Å². The summed E-state index contributed by atoms with van der Waals surface area (Å²) in [5, 5.41) is 0. The molecule has 2 unspecified atom stereocenters. The van der Waals surface area contributed by atoms with Crippen LogP contribution in [0.2, 0.25) is 0 Å². The normalized spacial score (nSPS) is 20.7. The highest BCUT2D eigenvalue weighted by atomic mass is 16.5. The van der Waals surface area contributed by atoms with Crippen molar-refractivity contribution in [3.8, 4) is 0 Å². The number of carbonyl (C=O) groups excluding carboxylic acids is 1. The Morgan fingerprint density at radius 1 is 1.56 bits per heavy atom. The highest BCUT2D eigenvalue weighted by Crippen LogP contribution is 2.23.